The largest absolute Gasteiger partial charge is 0.495 e. The molecule has 10 heteroatoms. The molecule has 40 heavy (non-hydrogen) atoms. The average molecular weight is 570 g/mol. The molecular formula is C30H27N5O3S2. The lowest BCUT2D eigenvalue weighted by Crippen LogP contribution is -2.30. The first-order valence-electron chi connectivity index (χ1n) is 12.7. The van der Waals surface area contributed by atoms with Crippen LogP contribution in [0.4, 0.5) is 11.4 Å². The van der Waals surface area contributed by atoms with Gasteiger partial charge in [-0.2, -0.15) is 0 Å². The van der Waals surface area contributed by atoms with Crippen LogP contribution in [0.1, 0.15) is 23.5 Å². The molecule has 1 fully saturated rings. The number of nitrogens with zero attached hydrogens (tertiary/aromatic N) is 3. The number of pyridine rings is 1. The van der Waals surface area contributed by atoms with Crippen LogP contribution in [0.3, 0.4) is 0 Å². The Balaban J connectivity index is 1.51. The Morgan fingerprint density at radius 3 is 2.45 bits per heavy atom. The van der Waals surface area contributed by atoms with E-state index in [1.807, 2.05) is 53.6 Å². The van der Waals surface area contributed by atoms with Crippen LogP contribution in [0.5, 0.6) is 5.75 Å². The van der Waals surface area contributed by atoms with Crippen molar-refractivity contribution in [3.63, 3.8) is 0 Å². The zero-order valence-corrected chi connectivity index (χ0v) is 23.5. The number of fused-ring (bicyclic) bond motifs is 1. The molecule has 2 unspecified atom stereocenters. The van der Waals surface area contributed by atoms with Gasteiger partial charge in [0.2, 0.25) is 10.0 Å². The Morgan fingerprint density at radius 2 is 1.70 bits per heavy atom. The number of rotatable bonds is 7. The van der Waals surface area contributed by atoms with Crippen molar-refractivity contribution >= 4 is 49.5 Å². The van der Waals surface area contributed by atoms with E-state index in [2.05, 4.69) is 56.0 Å². The molecule has 2 N–H and O–H groups in total. The molecule has 0 amide bonds. The van der Waals surface area contributed by atoms with Crippen LogP contribution < -0.4 is 19.7 Å². The molecule has 202 valence electrons. The van der Waals surface area contributed by atoms with Gasteiger partial charge in [-0.1, -0.05) is 36.4 Å². The summed E-state index contributed by atoms with van der Waals surface area (Å²) in [6, 6.07) is 29.3. The third-order valence-electron chi connectivity index (χ3n) is 6.95. The Bertz CT molecular complexity index is 1820. The van der Waals surface area contributed by atoms with Crippen molar-refractivity contribution in [1.82, 2.24) is 14.9 Å². The van der Waals surface area contributed by atoms with Gasteiger partial charge in [0.05, 0.1) is 30.8 Å². The summed E-state index contributed by atoms with van der Waals surface area (Å²) in [6.07, 6.45) is 4.92. The predicted octanol–water partition coefficient (Wildman–Crippen LogP) is 5.58. The summed E-state index contributed by atoms with van der Waals surface area (Å²) in [6.45, 7) is 0. The number of aromatic nitrogens is 2. The van der Waals surface area contributed by atoms with Crippen molar-refractivity contribution < 1.29 is 13.2 Å². The Labute approximate surface area is 238 Å². The fourth-order valence-corrected chi connectivity index (χ4v) is 6.16. The van der Waals surface area contributed by atoms with Crippen LogP contribution >= 0.6 is 12.2 Å². The molecule has 6 rings (SSSR count). The van der Waals surface area contributed by atoms with Crippen LogP contribution in [-0.4, -0.2) is 36.4 Å². The second-order valence-electron chi connectivity index (χ2n) is 9.59. The summed E-state index contributed by atoms with van der Waals surface area (Å²) in [4.78, 5) is 6.66. The second-order valence-corrected chi connectivity index (χ2v) is 11.7. The van der Waals surface area contributed by atoms with Crippen molar-refractivity contribution in [2.75, 3.05) is 23.0 Å². The third-order valence-corrected chi connectivity index (χ3v) is 7.85. The maximum absolute atomic E-state index is 12.1. The third kappa shape index (κ3) is 4.87. The molecule has 3 heterocycles. The summed E-state index contributed by atoms with van der Waals surface area (Å²) in [7, 11) is -2.05. The summed E-state index contributed by atoms with van der Waals surface area (Å²) in [5.41, 5.74) is 3.89. The van der Waals surface area contributed by atoms with Crippen molar-refractivity contribution in [1.29, 1.82) is 0 Å². The molecule has 0 aliphatic carbocycles. The first-order chi connectivity index (χ1) is 19.3. The lowest BCUT2D eigenvalue weighted by molar-refractivity contribution is 0.417. The fourth-order valence-electron chi connectivity index (χ4n) is 5.26. The van der Waals surface area contributed by atoms with Crippen molar-refractivity contribution in [3.8, 4) is 11.4 Å². The number of thiocarbonyl (C=S) groups is 1. The highest BCUT2D eigenvalue weighted by Gasteiger charge is 2.42. The molecule has 1 aliphatic rings. The first-order valence-corrected chi connectivity index (χ1v) is 15.0. The monoisotopic (exact) mass is 569 g/mol. The second kappa shape index (κ2) is 10.3. The quantitative estimate of drug-likeness (QED) is 0.247. The fraction of sp³-hybridized carbons (Fsp3) is 0.133. The molecule has 0 saturated carbocycles. The van der Waals surface area contributed by atoms with Crippen LogP contribution in [0.15, 0.2) is 103 Å². The van der Waals surface area contributed by atoms with E-state index >= 15 is 0 Å². The number of sulfonamides is 1. The zero-order chi connectivity index (χ0) is 27.9. The van der Waals surface area contributed by atoms with Crippen LogP contribution in [0, 0.1) is 0 Å². The van der Waals surface area contributed by atoms with Gasteiger partial charge in [0.15, 0.2) is 5.11 Å². The molecule has 0 radical (unpaired) electrons. The number of anilines is 2. The Morgan fingerprint density at radius 1 is 0.925 bits per heavy atom. The van der Waals surface area contributed by atoms with Gasteiger partial charge in [-0.15, -0.1) is 0 Å². The van der Waals surface area contributed by atoms with E-state index < -0.39 is 10.0 Å². The van der Waals surface area contributed by atoms with E-state index in [1.54, 1.807) is 18.3 Å². The van der Waals surface area contributed by atoms with Gasteiger partial charge in [0, 0.05) is 29.5 Å². The van der Waals surface area contributed by atoms with E-state index in [0.29, 0.717) is 22.2 Å². The van der Waals surface area contributed by atoms with Gasteiger partial charge in [-0.3, -0.25) is 9.71 Å². The highest BCUT2D eigenvalue weighted by molar-refractivity contribution is 7.92. The number of hydrogen-bond donors (Lipinski definition) is 2. The van der Waals surface area contributed by atoms with Crippen LogP contribution in [0.2, 0.25) is 0 Å². The molecule has 0 spiro atoms. The van der Waals surface area contributed by atoms with Gasteiger partial charge in [-0.05, 0) is 77.6 Å². The minimum Gasteiger partial charge on any atom is -0.495 e. The molecular weight excluding hydrogens is 542 g/mol. The number of methoxy groups -OCH3 is 1. The van der Waals surface area contributed by atoms with Crippen molar-refractivity contribution in [2.24, 2.45) is 0 Å². The summed E-state index contributed by atoms with van der Waals surface area (Å²) >= 11 is 5.90. The van der Waals surface area contributed by atoms with Crippen molar-refractivity contribution in [3.05, 3.63) is 115 Å². The molecule has 5 aromatic rings. The summed E-state index contributed by atoms with van der Waals surface area (Å²) in [5, 5.41) is 6.29. The molecule has 2 aromatic heterocycles. The Hall–Kier alpha value is -4.41. The zero-order valence-electron chi connectivity index (χ0n) is 21.9. The number of ether oxygens (including phenoxy) is 1. The predicted molar refractivity (Wildman–Crippen MR) is 163 cm³/mol. The van der Waals surface area contributed by atoms with Gasteiger partial charge < -0.3 is 19.5 Å². The standard InChI is InChI=1S/C30H27N5O3S2/c1-38-27-15-14-23(19-25(27)33-40(2,36)37)35-29(28(32-30(35)39)24-10-5-6-16-31-24)26-11-7-17-34(26)22-13-12-20-8-3-4-9-21(20)18-22/h3-19,28-29,33H,1-2H3,(H,32,39). The highest BCUT2D eigenvalue weighted by Crippen LogP contribution is 2.44. The minimum atomic E-state index is -3.55. The van der Waals surface area contributed by atoms with Gasteiger partial charge in [0.25, 0.3) is 0 Å². The smallest absolute Gasteiger partial charge is 0.229 e. The van der Waals surface area contributed by atoms with Crippen LogP contribution in [-0.2, 0) is 10.0 Å². The average Bonchev–Trinajstić information content (AvgIpc) is 3.56. The topological polar surface area (TPSA) is 88.5 Å². The van der Waals surface area contributed by atoms with E-state index in [0.717, 1.165) is 28.7 Å². The Kier molecular flexibility index (Phi) is 6.65. The maximum atomic E-state index is 12.1. The molecule has 3 aromatic carbocycles. The number of nitrogens with one attached hydrogen (secondary N) is 2. The lowest BCUT2D eigenvalue weighted by atomic mass is 10.0. The summed E-state index contributed by atoms with van der Waals surface area (Å²) in [5.74, 6) is 0.407. The highest BCUT2D eigenvalue weighted by atomic mass is 32.2. The summed E-state index contributed by atoms with van der Waals surface area (Å²) < 4.78 is 34.4. The minimum absolute atomic E-state index is 0.267. The lowest BCUT2D eigenvalue weighted by Gasteiger charge is -2.29. The number of hydrogen-bond acceptors (Lipinski definition) is 5. The van der Waals surface area contributed by atoms with Crippen LogP contribution in [0.25, 0.3) is 16.5 Å². The van der Waals surface area contributed by atoms with Gasteiger partial charge in [0.1, 0.15) is 11.8 Å². The first kappa shape index (κ1) is 25.8. The van der Waals surface area contributed by atoms with Gasteiger partial charge in [-0.25, -0.2) is 8.42 Å². The molecule has 2 atom stereocenters. The SMILES string of the molecule is COc1ccc(N2C(=S)NC(c3ccccn3)C2c2cccn2-c2ccc3ccccc3c2)cc1NS(C)(=O)=O. The van der Waals surface area contributed by atoms with E-state index in [1.165, 1.54) is 12.5 Å². The van der Waals surface area contributed by atoms with E-state index in [-0.39, 0.29) is 12.1 Å². The maximum Gasteiger partial charge on any atom is 0.229 e. The molecule has 0 bridgehead atoms. The molecule has 8 nitrogen and oxygen atoms in total. The molecule has 1 aliphatic heterocycles. The normalized spacial score (nSPS) is 17.1. The van der Waals surface area contributed by atoms with E-state index in [9.17, 15) is 8.42 Å². The van der Waals surface area contributed by atoms with Crippen molar-refractivity contribution in [2.45, 2.75) is 12.1 Å². The molecule has 1 saturated heterocycles. The van der Waals surface area contributed by atoms with E-state index in [4.69, 9.17) is 17.0 Å². The van der Waals surface area contributed by atoms with Gasteiger partial charge >= 0.3 is 0 Å². The number of benzene rings is 3.